The summed E-state index contributed by atoms with van der Waals surface area (Å²) in [7, 11) is 0. The number of hydrogen-bond donors (Lipinski definition) is 2. The number of aliphatic hydroxyl groups is 2. The van der Waals surface area contributed by atoms with Gasteiger partial charge in [0.25, 0.3) is 0 Å². The number of aromatic nitrogens is 1. The summed E-state index contributed by atoms with van der Waals surface area (Å²) < 4.78 is 5.95. The van der Waals surface area contributed by atoms with Crippen molar-refractivity contribution in [2.45, 2.75) is 12.5 Å². The van der Waals surface area contributed by atoms with Crippen molar-refractivity contribution in [3.63, 3.8) is 0 Å². The average Bonchev–Trinajstić information content (AvgIpc) is 2.69. The molecule has 0 aromatic carbocycles. The van der Waals surface area contributed by atoms with Gasteiger partial charge in [0, 0.05) is 6.42 Å². The molecule has 0 fully saturated rings. The molecule has 0 aliphatic rings. The molecule has 2 heterocycles. The van der Waals surface area contributed by atoms with Crippen LogP contribution in [0.4, 0.5) is 0 Å². The van der Waals surface area contributed by atoms with Crippen LogP contribution >= 0.6 is 11.3 Å². The van der Waals surface area contributed by atoms with Crippen LogP contribution in [-0.4, -0.2) is 28.1 Å². The molecule has 0 radical (unpaired) electrons. The van der Waals surface area contributed by atoms with E-state index >= 15 is 0 Å². The third kappa shape index (κ3) is 1.58. The minimum absolute atomic E-state index is 0.250. The van der Waals surface area contributed by atoms with E-state index in [1.165, 1.54) is 11.3 Å². The Balaban J connectivity index is 2.27. The third-order valence-corrected chi connectivity index (χ3v) is 2.73. The molecule has 2 aromatic rings. The maximum Gasteiger partial charge on any atom is 0.177 e. The number of rotatable bonds is 3. The van der Waals surface area contributed by atoms with Crippen LogP contribution in [0.25, 0.3) is 10.3 Å². The van der Waals surface area contributed by atoms with Crippen molar-refractivity contribution in [3.8, 4) is 0 Å². The van der Waals surface area contributed by atoms with Crippen molar-refractivity contribution >= 4 is 21.6 Å². The van der Waals surface area contributed by atoms with Gasteiger partial charge in [0.15, 0.2) is 5.58 Å². The largest absolute Gasteiger partial charge is 0.394 e. The highest BCUT2D eigenvalue weighted by Crippen LogP contribution is 2.24. The maximum atomic E-state index is 9.20. The van der Waals surface area contributed by atoms with Crippen LogP contribution < -0.4 is 0 Å². The van der Waals surface area contributed by atoms with Crippen LogP contribution in [0.3, 0.4) is 0 Å². The van der Waals surface area contributed by atoms with Gasteiger partial charge in [0.05, 0.1) is 17.4 Å². The van der Waals surface area contributed by atoms with Gasteiger partial charge in [-0.2, -0.15) is 0 Å². The number of fused-ring (bicyclic) bond motifs is 1. The number of hydrogen-bond acceptors (Lipinski definition) is 5. The molecule has 0 saturated heterocycles. The van der Waals surface area contributed by atoms with Crippen molar-refractivity contribution in [1.29, 1.82) is 0 Å². The summed E-state index contributed by atoms with van der Waals surface area (Å²) in [6, 6.07) is 1.84. The predicted octanol–water partition coefficient (Wildman–Crippen LogP) is 0.785. The third-order valence-electron chi connectivity index (χ3n) is 1.79. The topological polar surface area (TPSA) is 66.5 Å². The molecular formula is C8H9NO3S. The molecule has 2 N–H and O–H groups in total. The van der Waals surface area contributed by atoms with E-state index in [2.05, 4.69) is 5.16 Å². The molecule has 2 aromatic heterocycles. The lowest BCUT2D eigenvalue weighted by atomic mass is 10.2. The lowest BCUT2D eigenvalue weighted by Crippen LogP contribution is -2.15. The van der Waals surface area contributed by atoms with Crippen LogP contribution in [0.2, 0.25) is 0 Å². The van der Waals surface area contributed by atoms with Gasteiger partial charge in [-0.3, -0.25) is 0 Å². The number of aliphatic hydroxyl groups excluding tert-OH is 2. The first kappa shape index (κ1) is 8.68. The fraction of sp³-hybridized carbons (Fsp3) is 0.375. The van der Waals surface area contributed by atoms with Gasteiger partial charge < -0.3 is 14.7 Å². The van der Waals surface area contributed by atoms with E-state index in [1.807, 2.05) is 11.4 Å². The first-order valence-electron chi connectivity index (χ1n) is 3.92. The summed E-state index contributed by atoms with van der Waals surface area (Å²) >= 11 is 1.52. The molecule has 1 unspecified atom stereocenters. The van der Waals surface area contributed by atoms with Gasteiger partial charge in [0.1, 0.15) is 5.69 Å². The van der Waals surface area contributed by atoms with E-state index in [9.17, 15) is 5.11 Å². The highest BCUT2D eigenvalue weighted by atomic mass is 32.1. The van der Waals surface area contributed by atoms with Gasteiger partial charge in [0.2, 0.25) is 0 Å². The molecule has 5 heteroatoms. The Morgan fingerprint density at radius 3 is 3.23 bits per heavy atom. The van der Waals surface area contributed by atoms with Crippen LogP contribution in [0.15, 0.2) is 16.0 Å². The Morgan fingerprint density at radius 2 is 2.46 bits per heavy atom. The minimum Gasteiger partial charge on any atom is -0.394 e. The van der Waals surface area contributed by atoms with Crippen LogP contribution in [0.5, 0.6) is 0 Å². The van der Waals surface area contributed by atoms with Crippen molar-refractivity contribution in [2.24, 2.45) is 0 Å². The summed E-state index contributed by atoms with van der Waals surface area (Å²) in [4.78, 5) is 0. The molecule has 0 spiro atoms. The summed E-state index contributed by atoms with van der Waals surface area (Å²) in [5.41, 5.74) is 1.46. The minimum atomic E-state index is -0.754. The van der Waals surface area contributed by atoms with Gasteiger partial charge in [-0.1, -0.05) is 5.16 Å². The Morgan fingerprint density at radius 1 is 1.62 bits per heavy atom. The number of thiophene rings is 1. The van der Waals surface area contributed by atoms with Crippen molar-refractivity contribution < 1.29 is 14.7 Å². The predicted molar refractivity (Wildman–Crippen MR) is 48.7 cm³/mol. The highest BCUT2D eigenvalue weighted by Gasteiger charge is 2.12. The molecule has 0 amide bonds. The second-order valence-corrected chi connectivity index (χ2v) is 3.70. The van der Waals surface area contributed by atoms with E-state index in [-0.39, 0.29) is 6.61 Å². The fourth-order valence-corrected chi connectivity index (χ4v) is 1.95. The molecule has 4 nitrogen and oxygen atoms in total. The zero-order valence-corrected chi connectivity index (χ0v) is 7.62. The molecule has 0 aliphatic heterocycles. The van der Waals surface area contributed by atoms with Crippen LogP contribution in [0.1, 0.15) is 5.69 Å². The zero-order valence-electron chi connectivity index (χ0n) is 6.80. The second-order valence-electron chi connectivity index (χ2n) is 2.78. The Hall–Kier alpha value is -0.910. The maximum absolute atomic E-state index is 9.20. The van der Waals surface area contributed by atoms with E-state index in [1.54, 1.807) is 0 Å². The number of nitrogens with zero attached hydrogens (tertiary/aromatic N) is 1. The van der Waals surface area contributed by atoms with Gasteiger partial charge in [-0.25, -0.2) is 0 Å². The van der Waals surface area contributed by atoms with Gasteiger partial charge in [-0.05, 0) is 11.4 Å². The SMILES string of the molecule is OCC(O)Cc1noc2ccsc12. The summed E-state index contributed by atoms with van der Waals surface area (Å²) in [6.45, 7) is -0.250. The Labute approximate surface area is 78.4 Å². The standard InChI is InChI=1S/C8H9NO3S/c10-4-5(11)3-6-8-7(12-9-6)1-2-13-8/h1-2,5,10-11H,3-4H2. The zero-order chi connectivity index (χ0) is 9.26. The van der Waals surface area contributed by atoms with Crippen molar-refractivity contribution in [1.82, 2.24) is 5.16 Å². The van der Waals surface area contributed by atoms with Crippen LogP contribution in [-0.2, 0) is 6.42 Å². The second kappa shape index (κ2) is 3.45. The molecule has 2 rings (SSSR count). The van der Waals surface area contributed by atoms with Crippen molar-refractivity contribution in [2.75, 3.05) is 6.61 Å². The molecule has 1 atom stereocenters. The van der Waals surface area contributed by atoms with Gasteiger partial charge >= 0.3 is 0 Å². The molecule has 0 bridgehead atoms. The summed E-state index contributed by atoms with van der Waals surface area (Å²) in [5, 5.41) is 23.6. The smallest absolute Gasteiger partial charge is 0.177 e. The summed E-state index contributed by atoms with van der Waals surface area (Å²) in [5.74, 6) is 0. The Kier molecular flexibility index (Phi) is 2.30. The van der Waals surface area contributed by atoms with E-state index in [0.29, 0.717) is 12.1 Å². The molecule has 13 heavy (non-hydrogen) atoms. The normalized spacial score (nSPS) is 13.7. The average molecular weight is 199 g/mol. The molecule has 0 aliphatic carbocycles. The van der Waals surface area contributed by atoms with Crippen LogP contribution in [0, 0.1) is 0 Å². The monoisotopic (exact) mass is 199 g/mol. The quantitative estimate of drug-likeness (QED) is 0.766. The lowest BCUT2D eigenvalue weighted by molar-refractivity contribution is 0.0943. The molecule has 0 saturated carbocycles. The lowest BCUT2D eigenvalue weighted by Gasteiger charge is -2.01. The van der Waals surface area contributed by atoms with Crippen molar-refractivity contribution in [3.05, 3.63) is 17.1 Å². The van der Waals surface area contributed by atoms with E-state index < -0.39 is 6.10 Å². The first-order valence-corrected chi connectivity index (χ1v) is 4.80. The fourth-order valence-electron chi connectivity index (χ4n) is 1.14. The van der Waals surface area contributed by atoms with Gasteiger partial charge in [-0.15, -0.1) is 11.3 Å². The highest BCUT2D eigenvalue weighted by molar-refractivity contribution is 7.17. The summed E-state index contributed by atoms with van der Waals surface area (Å²) in [6.07, 6.45) is -0.417. The van der Waals surface area contributed by atoms with E-state index in [0.717, 1.165) is 10.3 Å². The first-order chi connectivity index (χ1) is 6.31. The molecular weight excluding hydrogens is 190 g/mol. The Bertz CT molecular complexity index is 395. The molecule has 70 valence electrons. The van der Waals surface area contributed by atoms with E-state index in [4.69, 9.17) is 9.63 Å².